The van der Waals surface area contributed by atoms with E-state index in [9.17, 15) is 4.79 Å². The van der Waals surface area contributed by atoms with Gasteiger partial charge < -0.3 is 9.73 Å². The number of benzene rings is 1. The van der Waals surface area contributed by atoms with E-state index in [1.807, 2.05) is 45.0 Å². The molecular formula is C18H18BrN5O2S2. The van der Waals surface area contributed by atoms with Crippen molar-refractivity contribution >= 4 is 51.0 Å². The summed E-state index contributed by atoms with van der Waals surface area (Å²) < 4.78 is 6.43. The minimum absolute atomic E-state index is 0.146. The van der Waals surface area contributed by atoms with E-state index >= 15 is 0 Å². The molecule has 0 aliphatic rings. The minimum Gasteiger partial charge on any atom is -0.415 e. The Kier molecular flexibility index (Phi) is 7.08. The predicted octanol–water partition coefficient (Wildman–Crippen LogP) is 4.57. The summed E-state index contributed by atoms with van der Waals surface area (Å²) in [5.41, 5.74) is 3.68. The molecule has 28 heavy (non-hydrogen) atoms. The van der Waals surface area contributed by atoms with Crippen molar-refractivity contribution in [2.75, 3.05) is 11.1 Å². The molecule has 0 fully saturated rings. The van der Waals surface area contributed by atoms with Crippen LogP contribution in [0.3, 0.4) is 0 Å². The highest BCUT2D eigenvalue weighted by Gasteiger charge is 2.12. The molecule has 2 heterocycles. The molecule has 0 spiro atoms. The average Bonchev–Trinajstić information content (AvgIpc) is 3.08. The van der Waals surface area contributed by atoms with Crippen LogP contribution in [0.25, 0.3) is 0 Å². The highest BCUT2D eigenvalue weighted by Crippen LogP contribution is 2.25. The van der Waals surface area contributed by atoms with Gasteiger partial charge >= 0.3 is 0 Å². The van der Waals surface area contributed by atoms with Crippen LogP contribution in [0, 0.1) is 20.8 Å². The monoisotopic (exact) mass is 479 g/mol. The van der Waals surface area contributed by atoms with Gasteiger partial charge in [0, 0.05) is 15.9 Å². The minimum atomic E-state index is -0.146. The standard InChI is InChI=1S/C18H18BrN5O2S2/c1-10-4-5-14(13(19)6-10)22-15(25)8-28-18-24-23-16(26-18)9-27-17-20-11(2)7-12(3)21-17/h4-7H,8-9H2,1-3H3,(H,22,25). The van der Waals surface area contributed by atoms with Gasteiger partial charge in [0.05, 0.1) is 17.2 Å². The largest absolute Gasteiger partial charge is 0.415 e. The van der Waals surface area contributed by atoms with Crippen LogP contribution < -0.4 is 5.32 Å². The molecule has 0 atom stereocenters. The Bertz CT molecular complexity index is 976. The average molecular weight is 480 g/mol. The number of carbonyl (C=O) groups excluding carboxylic acids is 1. The molecule has 1 N–H and O–H groups in total. The molecule has 3 rings (SSSR count). The summed E-state index contributed by atoms with van der Waals surface area (Å²) in [4.78, 5) is 20.9. The van der Waals surface area contributed by atoms with Gasteiger partial charge in [-0.2, -0.15) is 0 Å². The second-order valence-electron chi connectivity index (χ2n) is 6.00. The number of thioether (sulfide) groups is 2. The highest BCUT2D eigenvalue weighted by atomic mass is 79.9. The van der Waals surface area contributed by atoms with Crippen molar-refractivity contribution in [3.8, 4) is 0 Å². The topological polar surface area (TPSA) is 93.8 Å². The maximum absolute atomic E-state index is 12.1. The van der Waals surface area contributed by atoms with Gasteiger partial charge in [0.2, 0.25) is 11.8 Å². The number of nitrogens with zero attached hydrogens (tertiary/aromatic N) is 4. The Hall–Kier alpha value is -1.91. The van der Waals surface area contributed by atoms with Crippen LogP contribution in [0.4, 0.5) is 5.69 Å². The third kappa shape index (κ3) is 6.05. The molecule has 1 aromatic carbocycles. The number of anilines is 1. The van der Waals surface area contributed by atoms with Gasteiger partial charge in [-0.25, -0.2) is 9.97 Å². The molecule has 0 saturated carbocycles. The van der Waals surface area contributed by atoms with Crippen molar-refractivity contribution < 1.29 is 9.21 Å². The first-order chi connectivity index (χ1) is 13.4. The van der Waals surface area contributed by atoms with Gasteiger partial charge in [0.1, 0.15) is 0 Å². The summed E-state index contributed by atoms with van der Waals surface area (Å²) >= 11 is 6.07. The first-order valence-corrected chi connectivity index (χ1v) is 11.1. The number of aromatic nitrogens is 4. The normalized spacial score (nSPS) is 10.9. The van der Waals surface area contributed by atoms with Crippen molar-refractivity contribution in [3.05, 3.63) is 51.6 Å². The van der Waals surface area contributed by atoms with Crippen molar-refractivity contribution in [2.24, 2.45) is 0 Å². The van der Waals surface area contributed by atoms with Crippen LogP contribution >= 0.6 is 39.5 Å². The van der Waals surface area contributed by atoms with Crippen LogP contribution in [0.15, 0.2) is 43.5 Å². The number of aryl methyl sites for hydroxylation is 3. The van der Waals surface area contributed by atoms with Crippen molar-refractivity contribution in [2.45, 2.75) is 36.9 Å². The molecule has 1 amide bonds. The fourth-order valence-electron chi connectivity index (χ4n) is 2.27. The van der Waals surface area contributed by atoms with E-state index in [1.54, 1.807) is 0 Å². The summed E-state index contributed by atoms with van der Waals surface area (Å²) in [5, 5.41) is 11.9. The fourth-order valence-corrected chi connectivity index (χ4v) is 4.23. The lowest BCUT2D eigenvalue weighted by molar-refractivity contribution is -0.113. The molecule has 0 bridgehead atoms. The Morgan fingerprint density at radius 2 is 1.86 bits per heavy atom. The SMILES string of the molecule is Cc1ccc(NC(=O)CSc2nnc(CSc3nc(C)cc(C)n3)o2)c(Br)c1. The molecule has 10 heteroatoms. The Balaban J connectivity index is 1.49. The molecule has 0 unspecified atom stereocenters. The third-order valence-corrected chi connectivity index (χ3v) is 5.77. The third-order valence-electron chi connectivity index (χ3n) is 3.46. The zero-order chi connectivity index (χ0) is 20.1. The summed E-state index contributed by atoms with van der Waals surface area (Å²) in [7, 11) is 0. The van der Waals surface area contributed by atoms with Crippen molar-refractivity contribution in [3.63, 3.8) is 0 Å². The van der Waals surface area contributed by atoms with Gasteiger partial charge in [0.25, 0.3) is 5.22 Å². The quantitative estimate of drug-likeness (QED) is 0.388. The van der Waals surface area contributed by atoms with Gasteiger partial charge in [-0.05, 0) is 60.5 Å². The van der Waals surface area contributed by atoms with Crippen LogP contribution in [-0.4, -0.2) is 31.8 Å². The van der Waals surface area contributed by atoms with E-state index in [0.29, 0.717) is 22.0 Å². The number of carbonyl (C=O) groups is 1. The Labute approximate surface area is 179 Å². The van der Waals surface area contributed by atoms with Crippen molar-refractivity contribution in [1.82, 2.24) is 20.2 Å². The number of hydrogen-bond acceptors (Lipinski definition) is 8. The lowest BCUT2D eigenvalue weighted by Gasteiger charge is -2.07. The van der Waals surface area contributed by atoms with E-state index in [0.717, 1.165) is 27.1 Å². The van der Waals surface area contributed by atoms with E-state index in [2.05, 4.69) is 41.4 Å². The fraction of sp³-hybridized carbons (Fsp3) is 0.278. The van der Waals surface area contributed by atoms with E-state index in [1.165, 1.54) is 23.5 Å². The van der Waals surface area contributed by atoms with Crippen LogP contribution in [-0.2, 0) is 10.5 Å². The zero-order valence-electron chi connectivity index (χ0n) is 15.5. The van der Waals surface area contributed by atoms with Crippen LogP contribution in [0.5, 0.6) is 0 Å². The first kappa shape index (κ1) is 20.8. The molecule has 146 valence electrons. The molecule has 0 aliphatic heterocycles. The van der Waals surface area contributed by atoms with Crippen LogP contribution in [0.1, 0.15) is 22.8 Å². The number of rotatable bonds is 7. The van der Waals surface area contributed by atoms with Gasteiger partial charge in [0.15, 0.2) is 5.16 Å². The highest BCUT2D eigenvalue weighted by molar-refractivity contribution is 9.10. The number of amides is 1. The van der Waals surface area contributed by atoms with E-state index < -0.39 is 0 Å². The number of hydrogen-bond donors (Lipinski definition) is 1. The number of halogens is 1. The van der Waals surface area contributed by atoms with E-state index in [4.69, 9.17) is 4.42 Å². The summed E-state index contributed by atoms with van der Waals surface area (Å²) in [6, 6.07) is 7.67. The molecular weight excluding hydrogens is 462 g/mol. The number of nitrogens with one attached hydrogen (secondary N) is 1. The van der Waals surface area contributed by atoms with Gasteiger partial charge in [-0.1, -0.05) is 29.6 Å². The maximum Gasteiger partial charge on any atom is 0.277 e. The Morgan fingerprint density at radius 3 is 2.57 bits per heavy atom. The smallest absolute Gasteiger partial charge is 0.277 e. The molecule has 2 aromatic heterocycles. The summed E-state index contributed by atoms with van der Waals surface area (Å²) in [6.45, 7) is 5.85. The zero-order valence-corrected chi connectivity index (χ0v) is 18.7. The first-order valence-electron chi connectivity index (χ1n) is 8.35. The lowest BCUT2D eigenvalue weighted by Crippen LogP contribution is -2.14. The molecule has 3 aromatic rings. The summed E-state index contributed by atoms with van der Waals surface area (Å²) in [6.07, 6.45) is 0. The lowest BCUT2D eigenvalue weighted by atomic mass is 10.2. The van der Waals surface area contributed by atoms with Crippen molar-refractivity contribution in [1.29, 1.82) is 0 Å². The van der Waals surface area contributed by atoms with Crippen LogP contribution in [0.2, 0.25) is 0 Å². The summed E-state index contributed by atoms with van der Waals surface area (Å²) in [5.74, 6) is 0.970. The Morgan fingerprint density at radius 1 is 1.11 bits per heavy atom. The molecule has 0 aliphatic carbocycles. The van der Waals surface area contributed by atoms with E-state index in [-0.39, 0.29) is 11.7 Å². The maximum atomic E-state index is 12.1. The molecule has 7 nitrogen and oxygen atoms in total. The molecule has 0 saturated heterocycles. The van der Waals surface area contributed by atoms with Gasteiger partial charge in [-0.3, -0.25) is 4.79 Å². The molecule has 0 radical (unpaired) electrons. The van der Waals surface area contributed by atoms with Gasteiger partial charge in [-0.15, -0.1) is 10.2 Å². The second kappa shape index (κ2) is 9.53. The predicted molar refractivity (Wildman–Crippen MR) is 114 cm³/mol. The second-order valence-corrected chi connectivity index (χ2v) is 8.73.